The molecular formula is C40H81NO6S. The van der Waals surface area contributed by atoms with Crippen LogP contribution in [0.1, 0.15) is 226 Å². The number of nitrogens with one attached hydrogen (secondary N) is 1. The zero-order chi connectivity index (χ0) is 35.6. The van der Waals surface area contributed by atoms with Crippen LogP contribution in [0.5, 0.6) is 0 Å². The first-order chi connectivity index (χ1) is 23.2. The van der Waals surface area contributed by atoms with Crippen LogP contribution < -0.4 is 5.32 Å². The van der Waals surface area contributed by atoms with Crippen molar-refractivity contribution in [1.82, 2.24) is 5.32 Å². The standard InChI is InChI=1S/C40H81NO6S/c1-3-5-7-9-11-13-15-16-17-18-19-20-21-22-23-25-27-29-31-33-35-39(43)40(44)41-37(36-48(45,46)47)38(42)34-32-30-28-26-24-14-12-10-8-6-4-2/h37-39,42-43H,3-36H2,1-2H3,(H,41,44)(H,45,46,47). The summed E-state index contributed by atoms with van der Waals surface area (Å²) in [6.07, 6.45) is 37.0. The second-order valence-corrected chi connectivity index (χ2v) is 16.3. The Morgan fingerprint density at radius 3 is 1.04 bits per heavy atom. The van der Waals surface area contributed by atoms with Gasteiger partial charge in [-0.3, -0.25) is 9.35 Å². The first-order valence-electron chi connectivity index (χ1n) is 20.8. The summed E-state index contributed by atoms with van der Waals surface area (Å²) >= 11 is 0. The minimum atomic E-state index is -4.40. The average molecular weight is 704 g/mol. The van der Waals surface area contributed by atoms with E-state index < -0.39 is 40.0 Å². The van der Waals surface area contributed by atoms with Crippen LogP contribution in [0.2, 0.25) is 0 Å². The van der Waals surface area contributed by atoms with E-state index in [0.717, 1.165) is 44.9 Å². The minimum absolute atomic E-state index is 0.304. The molecule has 0 aromatic heterocycles. The predicted octanol–water partition coefficient (Wildman–Crippen LogP) is 11.0. The number of hydrogen-bond acceptors (Lipinski definition) is 5. The number of unbranched alkanes of at least 4 members (excludes halogenated alkanes) is 29. The third-order valence-electron chi connectivity index (χ3n) is 9.92. The van der Waals surface area contributed by atoms with Gasteiger partial charge in [0.2, 0.25) is 5.91 Å². The van der Waals surface area contributed by atoms with Gasteiger partial charge in [0, 0.05) is 0 Å². The highest BCUT2D eigenvalue weighted by Crippen LogP contribution is 2.17. The van der Waals surface area contributed by atoms with E-state index in [4.69, 9.17) is 0 Å². The summed E-state index contributed by atoms with van der Waals surface area (Å²) in [5.74, 6) is -1.44. The third kappa shape index (κ3) is 33.8. The van der Waals surface area contributed by atoms with Crippen molar-refractivity contribution >= 4 is 16.0 Å². The van der Waals surface area contributed by atoms with E-state index in [2.05, 4.69) is 19.2 Å². The van der Waals surface area contributed by atoms with Gasteiger partial charge in [-0.05, 0) is 12.8 Å². The molecule has 0 aromatic rings. The molecule has 7 nitrogen and oxygen atoms in total. The molecular weight excluding hydrogens is 623 g/mol. The Balaban J connectivity index is 3.87. The molecule has 0 spiro atoms. The number of rotatable bonds is 38. The Morgan fingerprint density at radius 1 is 0.479 bits per heavy atom. The van der Waals surface area contributed by atoms with Crippen molar-refractivity contribution in [3.63, 3.8) is 0 Å². The van der Waals surface area contributed by atoms with Gasteiger partial charge in [-0.25, -0.2) is 0 Å². The monoisotopic (exact) mass is 704 g/mol. The van der Waals surface area contributed by atoms with Crippen molar-refractivity contribution in [2.45, 2.75) is 244 Å². The fraction of sp³-hybridized carbons (Fsp3) is 0.975. The summed E-state index contributed by atoms with van der Waals surface area (Å²) in [5, 5.41) is 23.5. The van der Waals surface area contributed by atoms with Gasteiger partial charge in [0.1, 0.15) is 6.10 Å². The van der Waals surface area contributed by atoms with Crippen LogP contribution in [0.25, 0.3) is 0 Å². The molecule has 0 aliphatic carbocycles. The predicted molar refractivity (Wildman–Crippen MR) is 204 cm³/mol. The molecule has 0 aliphatic rings. The maximum atomic E-state index is 12.6. The van der Waals surface area contributed by atoms with Crippen molar-refractivity contribution in [1.29, 1.82) is 0 Å². The van der Waals surface area contributed by atoms with Gasteiger partial charge in [-0.2, -0.15) is 8.42 Å². The molecule has 1 amide bonds. The average Bonchev–Trinajstić information content (AvgIpc) is 3.05. The molecule has 4 N–H and O–H groups in total. The highest BCUT2D eigenvalue weighted by Gasteiger charge is 2.28. The zero-order valence-corrected chi connectivity index (χ0v) is 32.6. The molecule has 288 valence electrons. The van der Waals surface area contributed by atoms with Crippen molar-refractivity contribution < 1.29 is 28.0 Å². The Bertz CT molecular complexity index is 793. The smallest absolute Gasteiger partial charge is 0.266 e. The molecule has 0 aromatic carbocycles. The first-order valence-corrected chi connectivity index (χ1v) is 22.4. The van der Waals surface area contributed by atoms with Crippen LogP contribution in [-0.2, 0) is 14.9 Å². The van der Waals surface area contributed by atoms with Gasteiger partial charge in [0.05, 0.1) is 17.9 Å². The molecule has 0 saturated heterocycles. The number of carbonyl (C=O) groups is 1. The summed E-state index contributed by atoms with van der Waals surface area (Å²) in [5.41, 5.74) is 0. The summed E-state index contributed by atoms with van der Waals surface area (Å²) in [7, 11) is -4.40. The lowest BCUT2D eigenvalue weighted by atomic mass is 10.0. The fourth-order valence-electron chi connectivity index (χ4n) is 6.70. The van der Waals surface area contributed by atoms with E-state index in [0.29, 0.717) is 12.8 Å². The van der Waals surface area contributed by atoms with Gasteiger partial charge in [0.15, 0.2) is 0 Å². The maximum absolute atomic E-state index is 12.6. The summed E-state index contributed by atoms with van der Waals surface area (Å²) in [6, 6.07) is -1.14. The molecule has 3 atom stereocenters. The number of aliphatic hydroxyl groups excluding tert-OH is 2. The topological polar surface area (TPSA) is 124 Å². The molecule has 8 heteroatoms. The van der Waals surface area contributed by atoms with Crippen molar-refractivity contribution in [2.24, 2.45) is 0 Å². The first kappa shape index (κ1) is 47.3. The van der Waals surface area contributed by atoms with Gasteiger partial charge in [0.25, 0.3) is 10.1 Å². The zero-order valence-electron chi connectivity index (χ0n) is 31.7. The van der Waals surface area contributed by atoms with Gasteiger partial charge in [-0.1, -0.05) is 213 Å². The van der Waals surface area contributed by atoms with Crippen molar-refractivity contribution in [2.75, 3.05) is 5.75 Å². The molecule has 0 radical (unpaired) electrons. The Labute approximate surface area is 298 Å². The lowest BCUT2D eigenvalue weighted by molar-refractivity contribution is -0.131. The highest BCUT2D eigenvalue weighted by atomic mass is 32.2. The van der Waals surface area contributed by atoms with Crippen LogP contribution in [0, 0.1) is 0 Å². The minimum Gasteiger partial charge on any atom is -0.391 e. The number of amides is 1. The molecule has 3 unspecified atom stereocenters. The van der Waals surface area contributed by atoms with Crippen LogP contribution in [-0.4, -0.2) is 53.1 Å². The molecule has 0 saturated carbocycles. The van der Waals surface area contributed by atoms with Gasteiger partial charge < -0.3 is 15.5 Å². The third-order valence-corrected chi connectivity index (χ3v) is 10.7. The lowest BCUT2D eigenvalue weighted by Gasteiger charge is -2.24. The van der Waals surface area contributed by atoms with E-state index in [1.165, 1.54) is 154 Å². The van der Waals surface area contributed by atoms with E-state index >= 15 is 0 Å². The quantitative estimate of drug-likeness (QED) is 0.0375. The summed E-state index contributed by atoms with van der Waals surface area (Å²) in [4.78, 5) is 12.6. The Kier molecular flexibility index (Phi) is 34.2. The van der Waals surface area contributed by atoms with E-state index in [-0.39, 0.29) is 0 Å². The highest BCUT2D eigenvalue weighted by molar-refractivity contribution is 7.85. The van der Waals surface area contributed by atoms with E-state index in [9.17, 15) is 28.0 Å². The number of carbonyl (C=O) groups excluding carboxylic acids is 1. The largest absolute Gasteiger partial charge is 0.391 e. The van der Waals surface area contributed by atoms with Gasteiger partial charge in [-0.15, -0.1) is 0 Å². The lowest BCUT2D eigenvalue weighted by Crippen LogP contribution is -2.50. The Hall–Kier alpha value is -0.700. The number of hydrogen-bond donors (Lipinski definition) is 4. The van der Waals surface area contributed by atoms with Crippen molar-refractivity contribution in [3.8, 4) is 0 Å². The second kappa shape index (κ2) is 34.7. The van der Waals surface area contributed by atoms with Crippen molar-refractivity contribution in [3.05, 3.63) is 0 Å². The summed E-state index contributed by atoms with van der Waals surface area (Å²) in [6.45, 7) is 4.50. The molecule has 0 fully saturated rings. The SMILES string of the molecule is CCCCCCCCCCCCCCCCCCCCCCC(O)C(=O)NC(CS(=O)(=O)O)C(O)CCCCCCCCCCCCC. The fourth-order valence-corrected chi connectivity index (χ4v) is 7.46. The molecule has 48 heavy (non-hydrogen) atoms. The van der Waals surface area contributed by atoms with Crippen LogP contribution in [0.4, 0.5) is 0 Å². The van der Waals surface area contributed by atoms with E-state index in [1.54, 1.807) is 0 Å². The van der Waals surface area contributed by atoms with Crippen LogP contribution >= 0.6 is 0 Å². The van der Waals surface area contributed by atoms with E-state index in [1.807, 2.05) is 0 Å². The summed E-state index contributed by atoms with van der Waals surface area (Å²) < 4.78 is 32.5. The van der Waals surface area contributed by atoms with Gasteiger partial charge >= 0.3 is 0 Å². The molecule has 0 aliphatic heterocycles. The normalized spacial score (nSPS) is 13.9. The van der Waals surface area contributed by atoms with Crippen LogP contribution in [0.3, 0.4) is 0 Å². The van der Waals surface area contributed by atoms with Crippen LogP contribution in [0.15, 0.2) is 0 Å². The molecule has 0 heterocycles. The maximum Gasteiger partial charge on any atom is 0.266 e. The second-order valence-electron chi connectivity index (χ2n) is 14.8. The Morgan fingerprint density at radius 2 is 0.750 bits per heavy atom. The molecule has 0 rings (SSSR count). The molecule has 0 bridgehead atoms. The number of aliphatic hydroxyl groups is 2.